The molecule has 1 aliphatic heterocycles. The molecule has 0 bridgehead atoms. The Morgan fingerprint density at radius 3 is 2.93 bits per heavy atom. The number of hydrogen-bond acceptors (Lipinski definition) is 3. The van der Waals surface area contributed by atoms with E-state index in [2.05, 4.69) is 6.92 Å². The zero-order valence-corrected chi connectivity index (χ0v) is 8.61. The van der Waals surface area contributed by atoms with Gasteiger partial charge in [-0.1, -0.05) is 13.3 Å². The molecule has 0 amide bonds. The van der Waals surface area contributed by atoms with Crippen LogP contribution in [0.15, 0.2) is 0 Å². The first-order valence-electron chi connectivity index (χ1n) is 5.65. The van der Waals surface area contributed by atoms with Crippen LogP contribution in [0.3, 0.4) is 0 Å². The normalized spacial score (nSPS) is 57.0. The summed E-state index contributed by atoms with van der Waals surface area (Å²) in [6, 6.07) is 0. The Morgan fingerprint density at radius 2 is 2.07 bits per heavy atom. The largest absolute Gasteiger partial charge is 0.393 e. The third kappa shape index (κ3) is 0.980. The van der Waals surface area contributed by atoms with Gasteiger partial charge in [-0.05, 0) is 12.8 Å². The van der Waals surface area contributed by atoms with Gasteiger partial charge < -0.3 is 14.6 Å². The molecule has 0 radical (unpaired) electrons. The van der Waals surface area contributed by atoms with E-state index in [1.807, 2.05) is 0 Å². The van der Waals surface area contributed by atoms with Gasteiger partial charge in [-0.2, -0.15) is 0 Å². The predicted octanol–water partition coefficient (Wildman–Crippen LogP) is 0.951. The Hall–Kier alpha value is -0.120. The molecule has 3 aliphatic rings. The first-order chi connectivity index (χ1) is 6.73. The van der Waals surface area contributed by atoms with Crippen LogP contribution in [0.1, 0.15) is 26.2 Å². The van der Waals surface area contributed by atoms with Gasteiger partial charge in [0.25, 0.3) is 0 Å². The summed E-state index contributed by atoms with van der Waals surface area (Å²) in [6.45, 7) is 3.66. The molecule has 80 valence electrons. The molecule has 3 rings (SSSR count). The van der Waals surface area contributed by atoms with Gasteiger partial charge >= 0.3 is 0 Å². The van der Waals surface area contributed by atoms with Gasteiger partial charge in [0, 0.05) is 11.3 Å². The molecule has 3 fully saturated rings. The summed E-state index contributed by atoms with van der Waals surface area (Å²) in [5.74, 6) is 0.321. The van der Waals surface area contributed by atoms with E-state index in [1.54, 1.807) is 0 Å². The van der Waals surface area contributed by atoms with Crippen LogP contribution in [0.5, 0.6) is 0 Å². The fraction of sp³-hybridized carbons (Fsp3) is 1.00. The smallest absolute Gasteiger partial charge is 0.0902 e. The van der Waals surface area contributed by atoms with Crippen LogP contribution in [-0.4, -0.2) is 36.6 Å². The summed E-state index contributed by atoms with van der Waals surface area (Å²) in [4.78, 5) is 0. The Morgan fingerprint density at radius 1 is 1.29 bits per heavy atom. The van der Waals surface area contributed by atoms with E-state index in [1.165, 1.54) is 6.42 Å². The zero-order valence-electron chi connectivity index (χ0n) is 8.61. The van der Waals surface area contributed by atoms with Crippen molar-refractivity contribution in [2.75, 3.05) is 13.2 Å². The van der Waals surface area contributed by atoms with E-state index in [0.717, 1.165) is 19.4 Å². The maximum Gasteiger partial charge on any atom is 0.0902 e. The summed E-state index contributed by atoms with van der Waals surface area (Å²) in [7, 11) is 0. The van der Waals surface area contributed by atoms with Crippen molar-refractivity contribution in [1.29, 1.82) is 0 Å². The third-order valence-electron chi connectivity index (χ3n) is 4.38. The fourth-order valence-electron chi connectivity index (χ4n) is 3.68. The zero-order chi connectivity index (χ0) is 9.76. The number of aliphatic hydroxyl groups is 1. The van der Waals surface area contributed by atoms with E-state index in [-0.39, 0.29) is 23.7 Å². The molecule has 0 aromatic carbocycles. The molecule has 2 aliphatic carbocycles. The van der Waals surface area contributed by atoms with Gasteiger partial charge in [-0.25, -0.2) is 0 Å². The lowest BCUT2D eigenvalue weighted by molar-refractivity contribution is -0.315. The molecule has 0 aromatic rings. The highest BCUT2D eigenvalue weighted by Crippen LogP contribution is 2.58. The van der Waals surface area contributed by atoms with Gasteiger partial charge in [-0.3, -0.25) is 0 Å². The van der Waals surface area contributed by atoms with Crippen molar-refractivity contribution >= 4 is 0 Å². The second kappa shape index (κ2) is 2.94. The first-order valence-corrected chi connectivity index (χ1v) is 5.65. The number of ether oxygens (including phenoxy) is 2. The van der Waals surface area contributed by atoms with Crippen molar-refractivity contribution in [3.8, 4) is 0 Å². The van der Waals surface area contributed by atoms with E-state index >= 15 is 0 Å². The molecule has 3 heteroatoms. The molecule has 0 spiro atoms. The summed E-state index contributed by atoms with van der Waals surface area (Å²) in [6.07, 6.45) is 3.49. The summed E-state index contributed by atoms with van der Waals surface area (Å²) >= 11 is 0. The van der Waals surface area contributed by atoms with E-state index in [0.29, 0.717) is 12.5 Å². The molecular formula is C11H18O3. The molecule has 2 saturated carbocycles. The van der Waals surface area contributed by atoms with Crippen LogP contribution in [0.2, 0.25) is 0 Å². The third-order valence-corrected chi connectivity index (χ3v) is 4.38. The lowest BCUT2D eigenvalue weighted by atomic mass is 9.50. The Balaban J connectivity index is 1.85. The van der Waals surface area contributed by atoms with Gasteiger partial charge in [0.15, 0.2) is 0 Å². The van der Waals surface area contributed by atoms with Gasteiger partial charge in [0.2, 0.25) is 0 Å². The maximum absolute atomic E-state index is 9.97. The van der Waals surface area contributed by atoms with Gasteiger partial charge in [0.1, 0.15) is 0 Å². The number of rotatable bonds is 0. The molecule has 5 atom stereocenters. The van der Waals surface area contributed by atoms with E-state index in [4.69, 9.17) is 9.47 Å². The van der Waals surface area contributed by atoms with Crippen molar-refractivity contribution in [2.45, 2.75) is 44.5 Å². The van der Waals surface area contributed by atoms with Gasteiger partial charge in [-0.15, -0.1) is 0 Å². The van der Waals surface area contributed by atoms with Crippen LogP contribution < -0.4 is 0 Å². The Kier molecular flexibility index (Phi) is 1.92. The highest BCUT2D eigenvalue weighted by atomic mass is 16.6. The van der Waals surface area contributed by atoms with Crippen LogP contribution in [0.25, 0.3) is 0 Å². The standard InChI is InChI=1S/C11H18O3/c1-11-4-2-3-7(12)8(11)9-10(11)14-6-5-13-9/h7-10,12H,2-6H2,1H3/t7-,8+,9-,10-,11+/m0/s1. The molecule has 1 saturated heterocycles. The SMILES string of the molecule is C[C@@]12CCC[C@H](O)[C@@H]1[C@@H]1OCCO[C@@H]12. The first kappa shape index (κ1) is 9.13. The highest BCUT2D eigenvalue weighted by Gasteiger charge is 2.64. The van der Waals surface area contributed by atoms with Crippen molar-refractivity contribution < 1.29 is 14.6 Å². The predicted molar refractivity (Wildman–Crippen MR) is 50.9 cm³/mol. The minimum absolute atomic E-state index is 0.170. The summed E-state index contributed by atoms with van der Waals surface area (Å²) in [5, 5.41) is 9.97. The van der Waals surface area contributed by atoms with Gasteiger partial charge in [0.05, 0.1) is 31.5 Å². The molecule has 1 heterocycles. The van der Waals surface area contributed by atoms with Crippen LogP contribution in [0, 0.1) is 11.3 Å². The molecule has 14 heavy (non-hydrogen) atoms. The number of aliphatic hydroxyl groups excluding tert-OH is 1. The molecule has 0 aromatic heterocycles. The second-order valence-electron chi connectivity index (χ2n) is 5.12. The second-order valence-corrected chi connectivity index (χ2v) is 5.12. The maximum atomic E-state index is 9.97. The number of hydrogen-bond donors (Lipinski definition) is 1. The Labute approximate surface area is 84.4 Å². The molecule has 0 unspecified atom stereocenters. The fourth-order valence-corrected chi connectivity index (χ4v) is 3.68. The van der Waals surface area contributed by atoms with Crippen LogP contribution >= 0.6 is 0 Å². The average molecular weight is 198 g/mol. The van der Waals surface area contributed by atoms with Crippen molar-refractivity contribution in [1.82, 2.24) is 0 Å². The summed E-state index contributed by atoms with van der Waals surface area (Å²) in [5.41, 5.74) is 0.183. The van der Waals surface area contributed by atoms with Crippen molar-refractivity contribution in [3.05, 3.63) is 0 Å². The van der Waals surface area contributed by atoms with Crippen LogP contribution in [-0.2, 0) is 9.47 Å². The van der Waals surface area contributed by atoms with Crippen LogP contribution in [0.4, 0.5) is 0 Å². The average Bonchev–Trinajstić information content (AvgIpc) is 2.16. The van der Waals surface area contributed by atoms with E-state index < -0.39 is 0 Å². The quantitative estimate of drug-likeness (QED) is 0.630. The monoisotopic (exact) mass is 198 g/mol. The van der Waals surface area contributed by atoms with Crippen molar-refractivity contribution in [2.24, 2.45) is 11.3 Å². The summed E-state index contributed by atoms with van der Waals surface area (Å²) < 4.78 is 11.5. The lowest BCUT2D eigenvalue weighted by Crippen LogP contribution is -2.71. The topological polar surface area (TPSA) is 38.7 Å². The molecule has 1 N–H and O–H groups in total. The highest BCUT2D eigenvalue weighted by molar-refractivity contribution is 5.13. The minimum Gasteiger partial charge on any atom is -0.393 e. The minimum atomic E-state index is -0.170. The molecular weight excluding hydrogens is 180 g/mol. The molecule has 3 nitrogen and oxygen atoms in total. The van der Waals surface area contributed by atoms with Crippen molar-refractivity contribution in [3.63, 3.8) is 0 Å². The Bertz CT molecular complexity index is 243. The number of fused-ring (bicyclic) bond motifs is 4. The lowest BCUT2D eigenvalue weighted by Gasteiger charge is -2.63. The van der Waals surface area contributed by atoms with E-state index in [9.17, 15) is 5.11 Å².